The van der Waals surface area contributed by atoms with Crippen molar-refractivity contribution in [3.63, 3.8) is 0 Å². The highest BCUT2D eigenvalue weighted by Gasteiger charge is 2.24. The largest absolute Gasteiger partial charge is 0.385 e. The van der Waals surface area contributed by atoms with E-state index in [-0.39, 0.29) is 11.9 Å². The molecule has 86 valence electrons. The Balaban J connectivity index is 2.16. The van der Waals surface area contributed by atoms with E-state index in [4.69, 9.17) is 27.5 Å². The number of hydrogen-bond donors (Lipinski definition) is 2. The zero-order valence-corrected chi connectivity index (χ0v) is 9.44. The first kappa shape index (κ1) is 11.2. The lowest BCUT2D eigenvalue weighted by molar-refractivity contribution is 0.0823. The van der Waals surface area contributed by atoms with Crippen LogP contribution in [0.3, 0.4) is 0 Å². The third kappa shape index (κ3) is 2.25. The molecule has 1 aromatic rings. The van der Waals surface area contributed by atoms with Gasteiger partial charge in [0, 0.05) is 12.7 Å². The average molecular weight is 241 g/mol. The molecule has 2 rings (SSSR count). The van der Waals surface area contributed by atoms with Gasteiger partial charge in [0.25, 0.3) is 0 Å². The number of morpholine rings is 1. The molecule has 0 amide bonds. The van der Waals surface area contributed by atoms with Crippen molar-refractivity contribution >= 4 is 23.3 Å². The first-order chi connectivity index (χ1) is 7.68. The van der Waals surface area contributed by atoms with Gasteiger partial charge in [0.15, 0.2) is 0 Å². The molecule has 1 atom stereocenters. The topological polar surface area (TPSA) is 75.2 Å². The van der Waals surface area contributed by atoms with Crippen LogP contribution in [0.4, 0.5) is 5.82 Å². The standard InChI is InChI=1S/C10H13ClN4O/c11-7-2-1-3-14-10(7)15-4-5-16-8(6-15)9(12)13/h1-3,8H,4-6H2,(H3,12,13). The second kappa shape index (κ2) is 4.67. The summed E-state index contributed by atoms with van der Waals surface area (Å²) in [5.74, 6) is 0.760. The van der Waals surface area contributed by atoms with E-state index in [0.29, 0.717) is 24.7 Å². The number of nitrogens with two attached hydrogens (primary N) is 1. The Morgan fingerprint density at radius 1 is 1.69 bits per heavy atom. The molecule has 3 N–H and O–H groups in total. The SMILES string of the molecule is N=C(N)C1CN(c2ncccc2Cl)CCO1. The van der Waals surface area contributed by atoms with Crippen molar-refractivity contribution in [1.82, 2.24) is 4.98 Å². The number of aromatic nitrogens is 1. The maximum absolute atomic E-state index is 7.37. The van der Waals surface area contributed by atoms with E-state index >= 15 is 0 Å². The van der Waals surface area contributed by atoms with Gasteiger partial charge in [-0.25, -0.2) is 4.98 Å². The van der Waals surface area contributed by atoms with Crippen LogP contribution in [0.5, 0.6) is 0 Å². The summed E-state index contributed by atoms with van der Waals surface area (Å²) in [5, 5.41) is 7.97. The predicted octanol–water partition coefficient (Wildman–Crippen LogP) is 0.876. The summed E-state index contributed by atoms with van der Waals surface area (Å²) in [5.41, 5.74) is 5.42. The second-order valence-corrected chi connectivity index (χ2v) is 3.98. The lowest BCUT2D eigenvalue weighted by Gasteiger charge is -2.33. The molecule has 1 fully saturated rings. The van der Waals surface area contributed by atoms with E-state index in [9.17, 15) is 0 Å². The van der Waals surface area contributed by atoms with Crippen LogP contribution < -0.4 is 10.6 Å². The van der Waals surface area contributed by atoms with Crippen LogP contribution >= 0.6 is 11.6 Å². The van der Waals surface area contributed by atoms with Crippen molar-refractivity contribution in [3.8, 4) is 0 Å². The van der Waals surface area contributed by atoms with Gasteiger partial charge >= 0.3 is 0 Å². The van der Waals surface area contributed by atoms with Gasteiger partial charge in [0.1, 0.15) is 17.8 Å². The summed E-state index contributed by atoms with van der Waals surface area (Å²) in [6.07, 6.45) is 1.33. The first-order valence-electron chi connectivity index (χ1n) is 4.99. The van der Waals surface area contributed by atoms with Crippen molar-refractivity contribution in [2.24, 2.45) is 5.73 Å². The number of amidine groups is 1. The second-order valence-electron chi connectivity index (χ2n) is 3.57. The molecule has 0 aromatic carbocycles. The first-order valence-corrected chi connectivity index (χ1v) is 5.37. The van der Waals surface area contributed by atoms with Crippen molar-refractivity contribution < 1.29 is 4.74 Å². The molecule has 1 aliphatic heterocycles. The van der Waals surface area contributed by atoms with Crippen LogP contribution in [0, 0.1) is 5.41 Å². The fraction of sp³-hybridized carbons (Fsp3) is 0.400. The van der Waals surface area contributed by atoms with Crippen LogP contribution in [0.15, 0.2) is 18.3 Å². The zero-order valence-electron chi connectivity index (χ0n) is 8.69. The fourth-order valence-electron chi connectivity index (χ4n) is 1.64. The molecule has 16 heavy (non-hydrogen) atoms. The van der Waals surface area contributed by atoms with Gasteiger partial charge in [-0.15, -0.1) is 0 Å². The van der Waals surface area contributed by atoms with E-state index in [1.165, 1.54) is 0 Å². The molecule has 1 saturated heterocycles. The molecule has 0 radical (unpaired) electrons. The van der Waals surface area contributed by atoms with E-state index in [1.807, 2.05) is 4.90 Å². The number of halogens is 1. The van der Waals surface area contributed by atoms with Gasteiger partial charge in [0.05, 0.1) is 18.2 Å². The Labute approximate surface area is 98.7 Å². The molecule has 0 aliphatic carbocycles. The number of nitrogens with one attached hydrogen (secondary N) is 1. The molecule has 0 saturated carbocycles. The summed E-state index contributed by atoms with van der Waals surface area (Å²) >= 11 is 6.05. The maximum atomic E-state index is 7.37. The quantitative estimate of drug-likeness (QED) is 0.594. The van der Waals surface area contributed by atoms with Crippen LogP contribution in [-0.2, 0) is 4.74 Å². The molecule has 0 spiro atoms. The molecule has 1 aromatic heterocycles. The zero-order chi connectivity index (χ0) is 11.5. The normalized spacial score (nSPS) is 20.8. The van der Waals surface area contributed by atoms with Crippen LogP contribution in [-0.4, -0.2) is 36.6 Å². The third-order valence-corrected chi connectivity index (χ3v) is 2.75. The third-order valence-electron chi connectivity index (χ3n) is 2.45. The van der Waals surface area contributed by atoms with Gasteiger partial charge in [-0.1, -0.05) is 11.6 Å². The Kier molecular flexibility index (Phi) is 3.26. The minimum Gasteiger partial charge on any atom is -0.385 e. The van der Waals surface area contributed by atoms with Gasteiger partial charge < -0.3 is 15.4 Å². The van der Waals surface area contributed by atoms with Crippen molar-refractivity contribution in [2.75, 3.05) is 24.6 Å². The highest BCUT2D eigenvalue weighted by molar-refractivity contribution is 6.32. The molecule has 1 unspecified atom stereocenters. The van der Waals surface area contributed by atoms with E-state index in [1.54, 1.807) is 18.3 Å². The Bertz CT molecular complexity index is 398. The maximum Gasteiger partial charge on any atom is 0.147 e. The fourth-order valence-corrected chi connectivity index (χ4v) is 1.88. The van der Waals surface area contributed by atoms with E-state index in [0.717, 1.165) is 5.82 Å². The molecule has 5 nitrogen and oxygen atoms in total. The minimum absolute atomic E-state index is 0.0387. The number of anilines is 1. The monoisotopic (exact) mass is 240 g/mol. The lowest BCUT2D eigenvalue weighted by Crippen LogP contribution is -2.48. The predicted molar refractivity (Wildman–Crippen MR) is 63.1 cm³/mol. The van der Waals surface area contributed by atoms with Gasteiger partial charge in [0.2, 0.25) is 0 Å². The van der Waals surface area contributed by atoms with E-state index in [2.05, 4.69) is 4.98 Å². The van der Waals surface area contributed by atoms with Crippen LogP contribution in [0.25, 0.3) is 0 Å². The minimum atomic E-state index is -0.369. The summed E-state index contributed by atoms with van der Waals surface area (Å²) in [4.78, 5) is 6.21. The number of rotatable bonds is 2. The molecular formula is C10H13ClN4O. The van der Waals surface area contributed by atoms with Crippen molar-refractivity contribution in [2.45, 2.75) is 6.10 Å². The number of nitrogens with zero attached hydrogens (tertiary/aromatic N) is 2. The number of ether oxygens (including phenoxy) is 1. The highest BCUT2D eigenvalue weighted by atomic mass is 35.5. The van der Waals surface area contributed by atoms with Crippen molar-refractivity contribution in [1.29, 1.82) is 5.41 Å². The van der Waals surface area contributed by atoms with Gasteiger partial charge in [-0.3, -0.25) is 5.41 Å². The van der Waals surface area contributed by atoms with Crippen LogP contribution in [0.1, 0.15) is 0 Å². The highest BCUT2D eigenvalue weighted by Crippen LogP contribution is 2.23. The smallest absolute Gasteiger partial charge is 0.147 e. The molecule has 1 aliphatic rings. The molecular weight excluding hydrogens is 228 g/mol. The summed E-state index contributed by atoms with van der Waals surface area (Å²) in [7, 11) is 0. The molecule has 6 heteroatoms. The Hall–Kier alpha value is -1.33. The number of hydrogen-bond acceptors (Lipinski definition) is 4. The number of pyridine rings is 1. The van der Waals surface area contributed by atoms with Crippen LogP contribution in [0.2, 0.25) is 5.02 Å². The summed E-state index contributed by atoms with van der Waals surface area (Å²) in [6.45, 7) is 1.75. The molecule has 2 heterocycles. The van der Waals surface area contributed by atoms with Gasteiger partial charge in [-0.05, 0) is 12.1 Å². The summed E-state index contributed by atoms with van der Waals surface area (Å²) < 4.78 is 5.37. The Morgan fingerprint density at radius 3 is 3.19 bits per heavy atom. The summed E-state index contributed by atoms with van der Waals surface area (Å²) in [6, 6.07) is 3.58. The van der Waals surface area contributed by atoms with Crippen molar-refractivity contribution in [3.05, 3.63) is 23.4 Å². The lowest BCUT2D eigenvalue weighted by atomic mass is 10.2. The van der Waals surface area contributed by atoms with Gasteiger partial charge in [-0.2, -0.15) is 0 Å². The molecule has 0 bridgehead atoms. The average Bonchev–Trinajstić information content (AvgIpc) is 2.30. The van der Waals surface area contributed by atoms with E-state index < -0.39 is 0 Å². The Morgan fingerprint density at radius 2 is 2.50 bits per heavy atom.